The fraction of sp³-hybridized carbons (Fsp3) is 0.667. The Morgan fingerprint density at radius 1 is 1.21 bits per heavy atom. The lowest BCUT2D eigenvalue weighted by molar-refractivity contribution is 0.199. The van der Waals surface area contributed by atoms with E-state index in [0.29, 0.717) is 19.0 Å². The second-order valence-corrected chi connectivity index (χ2v) is 6.67. The quantitative estimate of drug-likeness (QED) is 0.730. The zero-order valence-corrected chi connectivity index (χ0v) is 12.7. The van der Waals surface area contributed by atoms with E-state index in [1.807, 2.05) is 13.8 Å². The lowest BCUT2D eigenvalue weighted by atomic mass is 10.1. The predicted octanol–water partition coefficient (Wildman–Crippen LogP) is 0.374. The van der Waals surface area contributed by atoms with Gasteiger partial charge in [0.05, 0.1) is 6.61 Å². The summed E-state index contributed by atoms with van der Waals surface area (Å²) in [5.41, 5.74) is 2.64. The minimum absolute atomic E-state index is 0.119. The Morgan fingerprint density at radius 3 is 2.26 bits per heavy atom. The summed E-state index contributed by atoms with van der Waals surface area (Å²) >= 11 is 0. The molecule has 0 aromatic carbocycles. The van der Waals surface area contributed by atoms with Crippen molar-refractivity contribution in [3.05, 3.63) is 22.8 Å². The number of nitrogens with one attached hydrogen (secondary N) is 1. The highest BCUT2D eigenvalue weighted by atomic mass is 32.2. The number of nitrogens with zero attached hydrogens (tertiary/aromatic N) is 2. The second kappa shape index (κ2) is 6.93. The molecule has 0 aliphatic carbocycles. The van der Waals surface area contributed by atoms with Crippen molar-refractivity contribution in [2.75, 3.05) is 26.5 Å². The van der Waals surface area contributed by atoms with Gasteiger partial charge in [-0.15, -0.1) is 0 Å². The van der Waals surface area contributed by atoms with Crippen molar-refractivity contribution < 1.29 is 13.2 Å². The van der Waals surface area contributed by atoms with E-state index in [1.165, 1.54) is 6.26 Å². The smallest absolute Gasteiger partial charge is 0.154 e. The van der Waals surface area contributed by atoms with Gasteiger partial charge in [-0.1, -0.05) is 0 Å². The molecule has 108 valence electrons. The van der Waals surface area contributed by atoms with Gasteiger partial charge in [0.1, 0.15) is 11.6 Å². The highest BCUT2D eigenvalue weighted by molar-refractivity contribution is 7.89. The van der Waals surface area contributed by atoms with Crippen molar-refractivity contribution >= 4 is 9.84 Å². The van der Waals surface area contributed by atoms with Gasteiger partial charge in [0.15, 0.2) is 9.84 Å². The molecule has 0 fully saturated rings. The Balaban J connectivity index is 2.80. The maximum absolute atomic E-state index is 11.2. The highest BCUT2D eigenvalue weighted by Crippen LogP contribution is 2.11. The van der Waals surface area contributed by atoms with Crippen LogP contribution in [0.15, 0.2) is 0 Å². The molecule has 0 amide bonds. The summed E-state index contributed by atoms with van der Waals surface area (Å²) < 4.78 is 27.4. The van der Waals surface area contributed by atoms with Crippen LogP contribution in [0.2, 0.25) is 0 Å². The molecule has 0 atom stereocenters. The zero-order valence-electron chi connectivity index (χ0n) is 11.9. The first-order valence-electron chi connectivity index (χ1n) is 6.04. The number of ether oxygens (including phenoxy) is 1. The number of sulfone groups is 1. The first-order chi connectivity index (χ1) is 8.83. The molecule has 1 aromatic heterocycles. The van der Waals surface area contributed by atoms with Crippen molar-refractivity contribution in [3.63, 3.8) is 0 Å². The van der Waals surface area contributed by atoms with Crippen LogP contribution in [-0.4, -0.2) is 44.9 Å². The number of rotatable bonds is 7. The lowest BCUT2D eigenvalue weighted by Gasteiger charge is -2.11. The van der Waals surface area contributed by atoms with Crippen LogP contribution in [0.4, 0.5) is 0 Å². The maximum atomic E-state index is 11.2. The lowest BCUT2D eigenvalue weighted by Crippen LogP contribution is -2.21. The topological polar surface area (TPSA) is 81.2 Å². The van der Waals surface area contributed by atoms with E-state index in [0.717, 1.165) is 23.5 Å². The van der Waals surface area contributed by atoms with Crippen molar-refractivity contribution in [1.82, 2.24) is 15.3 Å². The molecule has 7 heteroatoms. The van der Waals surface area contributed by atoms with Gasteiger partial charge < -0.3 is 10.1 Å². The third-order valence-electron chi connectivity index (χ3n) is 2.64. The van der Waals surface area contributed by atoms with E-state index in [2.05, 4.69) is 15.3 Å². The molecular formula is C12H21N3O3S. The Kier molecular flexibility index (Phi) is 5.84. The fourth-order valence-corrected chi connectivity index (χ4v) is 2.35. The molecule has 0 bridgehead atoms. The van der Waals surface area contributed by atoms with Crippen LogP contribution in [0.25, 0.3) is 0 Å². The van der Waals surface area contributed by atoms with Crippen molar-refractivity contribution in [2.24, 2.45) is 0 Å². The standard InChI is InChI=1S/C12H21N3O3S/c1-9-11(7-13-5-6-18-3)10(2)15-12(14-9)8-19(4,16)17/h13H,5-8H2,1-4H3. The Bertz CT molecular complexity index is 506. The summed E-state index contributed by atoms with van der Waals surface area (Å²) in [5, 5.41) is 3.23. The van der Waals surface area contributed by atoms with E-state index < -0.39 is 9.84 Å². The van der Waals surface area contributed by atoms with Gasteiger partial charge in [-0.25, -0.2) is 18.4 Å². The molecule has 0 aliphatic heterocycles. The van der Waals surface area contributed by atoms with Crippen LogP contribution in [0.5, 0.6) is 0 Å². The van der Waals surface area contributed by atoms with E-state index in [-0.39, 0.29) is 5.75 Å². The minimum atomic E-state index is -3.10. The van der Waals surface area contributed by atoms with Gasteiger partial charge in [0, 0.05) is 43.4 Å². The average molecular weight is 287 g/mol. The van der Waals surface area contributed by atoms with Gasteiger partial charge in [-0.3, -0.25) is 0 Å². The van der Waals surface area contributed by atoms with Crippen LogP contribution in [0, 0.1) is 13.8 Å². The fourth-order valence-electron chi connectivity index (χ4n) is 1.75. The minimum Gasteiger partial charge on any atom is -0.383 e. The first-order valence-corrected chi connectivity index (χ1v) is 8.10. The van der Waals surface area contributed by atoms with Crippen LogP contribution in [-0.2, 0) is 26.9 Å². The molecule has 0 saturated carbocycles. The molecule has 0 aliphatic rings. The van der Waals surface area contributed by atoms with E-state index in [1.54, 1.807) is 7.11 Å². The summed E-state index contributed by atoms with van der Waals surface area (Å²) in [4.78, 5) is 8.51. The monoisotopic (exact) mass is 287 g/mol. The molecule has 1 heterocycles. The molecule has 0 radical (unpaired) electrons. The predicted molar refractivity (Wildman–Crippen MR) is 73.6 cm³/mol. The van der Waals surface area contributed by atoms with Crippen LogP contribution < -0.4 is 5.32 Å². The molecule has 19 heavy (non-hydrogen) atoms. The second-order valence-electron chi connectivity index (χ2n) is 4.53. The summed E-state index contributed by atoms with van der Waals surface area (Å²) in [5.74, 6) is 0.240. The van der Waals surface area contributed by atoms with Gasteiger partial charge >= 0.3 is 0 Å². The van der Waals surface area contributed by atoms with Gasteiger partial charge in [-0.05, 0) is 13.8 Å². The third-order valence-corrected chi connectivity index (χ3v) is 3.43. The molecule has 1 rings (SSSR count). The Labute approximate surface area is 114 Å². The van der Waals surface area contributed by atoms with Crippen LogP contribution in [0.1, 0.15) is 22.8 Å². The molecule has 1 N–H and O–H groups in total. The average Bonchev–Trinajstić information content (AvgIpc) is 2.24. The van der Waals surface area contributed by atoms with E-state index >= 15 is 0 Å². The van der Waals surface area contributed by atoms with Crippen LogP contribution in [0.3, 0.4) is 0 Å². The van der Waals surface area contributed by atoms with E-state index in [4.69, 9.17) is 4.74 Å². The van der Waals surface area contributed by atoms with Crippen molar-refractivity contribution in [2.45, 2.75) is 26.1 Å². The summed E-state index contributed by atoms with van der Waals surface area (Å²) in [6.45, 7) is 5.79. The third kappa shape index (κ3) is 5.63. The number of aryl methyl sites for hydroxylation is 2. The molecule has 6 nitrogen and oxygen atoms in total. The Hall–Kier alpha value is -1.05. The number of methoxy groups -OCH3 is 1. The Morgan fingerprint density at radius 2 is 1.79 bits per heavy atom. The molecule has 0 unspecified atom stereocenters. The SMILES string of the molecule is COCCNCc1c(C)nc(CS(C)(=O)=O)nc1C. The molecule has 0 spiro atoms. The molecular weight excluding hydrogens is 266 g/mol. The summed E-state index contributed by atoms with van der Waals surface area (Å²) in [6.07, 6.45) is 1.18. The van der Waals surface area contributed by atoms with Gasteiger partial charge in [0.25, 0.3) is 0 Å². The van der Waals surface area contributed by atoms with Gasteiger partial charge in [0.2, 0.25) is 0 Å². The van der Waals surface area contributed by atoms with Gasteiger partial charge in [-0.2, -0.15) is 0 Å². The highest BCUT2D eigenvalue weighted by Gasteiger charge is 2.12. The maximum Gasteiger partial charge on any atom is 0.154 e. The molecule has 1 aromatic rings. The van der Waals surface area contributed by atoms with E-state index in [9.17, 15) is 8.42 Å². The van der Waals surface area contributed by atoms with Crippen LogP contribution >= 0.6 is 0 Å². The molecule has 0 saturated heterocycles. The number of aromatic nitrogens is 2. The normalized spacial score (nSPS) is 11.8. The zero-order chi connectivity index (χ0) is 14.5. The largest absolute Gasteiger partial charge is 0.383 e. The summed E-state index contributed by atoms with van der Waals surface area (Å²) in [7, 11) is -1.45. The number of hydrogen-bond acceptors (Lipinski definition) is 6. The number of hydrogen-bond donors (Lipinski definition) is 1. The van der Waals surface area contributed by atoms with Crippen molar-refractivity contribution in [3.8, 4) is 0 Å². The van der Waals surface area contributed by atoms with Crippen molar-refractivity contribution in [1.29, 1.82) is 0 Å². The first kappa shape index (κ1) is 16.0. The summed E-state index contributed by atoms with van der Waals surface area (Å²) in [6, 6.07) is 0.